The van der Waals surface area contributed by atoms with Gasteiger partial charge >= 0.3 is 0 Å². The van der Waals surface area contributed by atoms with Crippen molar-refractivity contribution in [3.63, 3.8) is 0 Å². The van der Waals surface area contributed by atoms with E-state index in [0.29, 0.717) is 6.04 Å². The van der Waals surface area contributed by atoms with Gasteiger partial charge in [-0.1, -0.05) is 19.8 Å². The van der Waals surface area contributed by atoms with Crippen molar-refractivity contribution < 1.29 is 0 Å². The quantitative estimate of drug-likeness (QED) is 0.768. The highest BCUT2D eigenvalue weighted by atomic mass is 15.5. The summed E-state index contributed by atoms with van der Waals surface area (Å²) in [6.45, 7) is 3.32. The first kappa shape index (κ1) is 11.1. The normalized spacial score (nSPS) is 19.3. The number of nitrogens with one attached hydrogen (secondary N) is 1. The van der Waals surface area contributed by atoms with Crippen LogP contribution in [-0.4, -0.2) is 16.5 Å². The van der Waals surface area contributed by atoms with Gasteiger partial charge in [-0.25, -0.2) is 5.43 Å². The fourth-order valence-electron chi connectivity index (χ4n) is 1.88. The maximum Gasteiger partial charge on any atom is 0.0711 e. The molecule has 0 spiro atoms. The van der Waals surface area contributed by atoms with Gasteiger partial charge in [-0.2, -0.15) is 0 Å². The molecule has 0 aliphatic carbocycles. The topological polar surface area (TPSA) is 28.2 Å². The van der Waals surface area contributed by atoms with Crippen LogP contribution in [0, 0.1) is 0 Å². The van der Waals surface area contributed by atoms with E-state index in [-0.39, 0.29) is 0 Å². The molecule has 0 aromatic carbocycles. The molecule has 0 radical (unpaired) electrons. The fourth-order valence-corrected chi connectivity index (χ4v) is 1.88. The largest absolute Gasteiger partial charge is 0.315 e. The summed E-state index contributed by atoms with van der Waals surface area (Å²) in [6, 6.07) is 4.42. The predicted molar refractivity (Wildman–Crippen MR) is 65.5 cm³/mol. The molecule has 1 aromatic heterocycles. The van der Waals surface area contributed by atoms with Crippen LogP contribution < -0.4 is 5.43 Å². The molecule has 1 unspecified atom stereocenters. The van der Waals surface area contributed by atoms with E-state index in [9.17, 15) is 0 Å². The van der Waals surface area contributed by atoms with Gasteiger partial charge in [-0.3, -0.25) is 4.98 Å². The Bertz CT molecular complexity index is 334. The second kappa shape index (κ2) is 5.66. The minimum Gasteiger partial charge on any atom is -0.315 e. The summed E-state index contributed by atoms with van der Waals surface area (Å²) in [5, 5.41) is 2.18. The van der Waals surface area contributed by atoms with E-state index < -0.39 is 0 Å². The molecule has 3 heteroatoms. The fraction of sp³-hybridized carbons (Fsp3) is 0.462. The van der Waals surface area contributed by atoms with Crippen LogP contribution in [0.15, 0.2) is 36.8 Å². The Hall–Kier alpha value is -1.35. The second-order valence-electron chi connectivity index (χ2n) is 4.13. The molecule has 0 bridgehead atoms. The molecule has 2 rings (SSSR count). The molecule has 0 saturated heterocycles. The standard InChI is InChI=1S/C13H19N3/c1-2-3-4-10-16-11-7-13(15-16)12-5-8-14-9-6-12/h5-9,11,13,15H,2-4,10H2,1H3. The maximum absolute atomic E-state index is 4.03. The van der Waals surface area contributed by atoms with Gasteiger partial charge in [-0.05, 0) is 30.2 Å². The van der Waals surface area contributed by atoms with Crippen molar-refractivity contribution in [3.8, 4) is 0 Å². The van der Waals surface area contributed by atoms with Gasteiger partial charge in [0.1, 0.15) is 0 Å². The number of hydrazine groups is 1. The Balaban J connectivity index is 1.83. The summed E-state index contributed by atoms with van der Waals surface area (Å²) in [6.07, 6.45) is 11.8. The average Bonchev–Trinajstić information content (AvgIpc) is 2.79. The molecule has 16 heavy (non-hydrogen) atoms. The van der Waals surface area contributed by atoms with E-state index in [0.717, 1.165) is 6.54 Å². The van der Waals surface area contributed by atoms with Crippen molar-refractivity contribution in [1.29, 1.82) is 0 Å². The van der Waals surface area contributed by atoms with Gasteiger partial charge in [-0.15, -0.1) is 0 Å². The van der Waals surface area contributed by atoms with E-state index in [4.69, 9.17) is 0 Å². The summed E-state index contributed by atoms with van der Waals surface area (Å²) < 4.78 is 0. The molecular weight excluding hydrogens is 198 g/mol. The number of nitrogens with zero attached hydrogens (tertiary/aromatic N) is 2. The zero-order chi connectivity index (χ0) is 11.2. The first-order chi connectivity index (χ1) is 7.90. The number of aromatic nitrogens is 1. The minimum atomic E-state index is 0.310. The van der Waals surface area contributed by atoms with E-state index in [1.54, 1.807) is 0 Å². The molecule has 0 saturated carbocycles. The van der Waals surface area contributed by atoms with Crippen LogP contribution >= 0.6 is 0 Å². The lowest BCUT2D eigenvalue weighted by molar-refractivity contribution is 0.270. The highest BCUT2D eigenvalue weighted by Gasteiger charge is 2.15. The van der Waals surface area contributed by atoms with Crippen molar-refractivity contribution in [3.05, 3.63) is 42.4 Å². The molecular formula is C13H19N3. The first-order valence-corrected chi connectivity index (χ1v) is 6.01. The lowest BCUT2D eigenvalue weighted by atomic mass is 10.1. The predicted octanol–water partition coefficient (Wildman–Crippen LogP) is 2.65. The molecule has 1 aliphatic heterocycles. The molecule has 1 N–H and O–H groups in total. The summed E-state index contributed by atoms with van der Waals surface area (Å²) >= 11 is 0. The average molecular weight is 217 g/mol. The van der Waals surface area contributed by atoms with Crippen LogP contribution in [0.4, 0.5) is 0 Å². The van der Waals surface area contributed by atoms with Crippen LogP contribution in [0.25, 0.3) is 0 Å². The summed E-state index contributed by atoms with van der Waals surface area (Å²) in [4.78, 5) is 4.03. The van der Waals surface area contributed by atoms with Gasteiger partial charge in [0.15, 0.2) is 0 Å². The van der Waals surface area contributed by atoms with Crippen LogP contribution in [0.2, 0.25) is 0 Å². The Morgan fingerprint density at radius 1 is 1.31 bits per heavy atom. The van der Waals surface area contributed by atoms with E-state index >= 15 is 0 Å². The zero-order valence-corrected chi connectivity index (χ0v) is 9.76. The van der Waals surface area contributed by atoms with Crippen LogP contribution in [-0.2, 0) is 0 Å². The van der Waals surface area contributed by atoms with Gasteiger partial charge in [0.05, 0.1) is 6.04 Å². The number of unbranched alkanes of at least 4 members (excludes halogenated alkanes) is 2. The van der Waals surface area contributed by atoms with Crippen LogP contribution in [0.5, 0.6) is 0 Å². The van der Waals surface area contributed by atoms with Gasteiger partial charge in [0, 0.05) is 25.1 Å². The summed E-state index contributed by atoms with van der Waals surface area (Å²) in [7, 11) is 0. The molecule has 1 atom stereocenters. The molecule has 2 heterocycles. The van der Waals surface area contributed by atoms with Gasteiger partial charge in [0.2, 0.25) is 0 Å². The van der Waals surface area contributed by atoms with Crippen molar-refractivity contribution in [2.24, 2.45) is 0 Å². The highest BCUT2D eigenvalue weighted by molar-refractivity contribution is 5.21. The third-order valence-corrected chi connectivity index (χ3v) is 2.83. The monoisotopic (exact) mass is 217 g/mol. The Kier molecular flexibility index (Phi) is 3.94. The van der Waals surface area contributed by atoms with Crippen molar-refractivity contribution in [1.82, 2.24) is 15.4 Å². The smallest absolute Gasteiger partial charge is 0.0711 e. The molecule has 1 aliphatic rings. The van der Waals surface area contributed by atoms with Gasteiger partial charge < -0.3 is 5.01 Å². The maximum atomic E-state index is 4.03. The third kappa shape index (κ3) is 2.83. The van der Waals surface area contributed by atoms with Crippen LogP contribution in [0.3, 0.4) is 0 Å². The minimum absolute atomic E-state index is 0.310. The third-order valence-electron chi connectivity index (χ3n) is 2.83. The Morgan fingerprint density at radius 3 is 2.88 bits per heavy atom. The van der Waals surface area contributed by atoms with Crippen LogP contribution in [0.1, 0.15) is 37.8 Å². The van der Waals surface area contributed by atoms with E-state index in [1.165, 1.54) is 24.8 Å². The van der Waals surface area contributed by atoms with E-state index in [2.05, 4.69) is 46.8 Å². The summed E-state index contributed by atoms with van der Waals surface area (Å²) in [5.74, 6) is 0. The van der Waals surface area contributed by atoms with Crippen molar-refractivity contribution in [2.75, 3.05) is 6.54 Å². The molecule has 86 valence electrons. The SMILES string of the molecule is CCCCCN1C=CC(c2ccncc2)N1. The molecule has 3 nitrogen and oxygen atoms in total. The first-order valence-electron chi connectivity index (χ1n) is 6.01. The number of rotatable bonds is 5. The zero-order valence-electron chi connectivity index (χ0n) is 9.76. The van der Waals surface area contributed by atoms with Crippen molar-refractivity contribution in [2.45, 2.75) is 32.2 Å². The lowest BCUT2D eigenvalue weighted by Crippen LogP contribution is -2.31. The van der Waals surface area contributed by atoms with E-state index in [1.807, 2.05) is 12.4 Å². The number of hydrogen-bond donors (Lipinski definition) is 1. The van der Waals surface area contributed by atoms with Gasteiger partial charge in [0.25, 0.3) is 0 Å². The molecule has 1 aromatic rings. The second-order valence-corrected chi connectivity index (χ2v) is 4.13. The Morgan fingerprint density at radius 2 is 2.12 bits per heavy atom. The number of pyridine rings is 1. The highest BCUT2D eigenvalue weighted by Crippen LogP contribution is 2.18. The van der Waals surface area contributed by atoms with Crippen molar-refractivity contribution >= 4 is 0 Å². The Labute approximate surface area is 97.2 Å². The lowest BCUT2D eigenvalue weighted by Gasteiger charge is -2.19. The molecule has 0 fully saturated rings. The molecule has 0 amide bonds. The number of hydrogen-bond acceptors (Lipinski definition) is 3. The summed E-state index contributed by atoms with van der Waals surface area (Å²) in [5.41, 5.74) is 4.73.